The molecule has 31 heavy (non-hydrogen) atoms. The number of rotatable bonds is 4. The summed E-state index contributed by atoms with van der Waals surface area (Å²) < 4.78 is 46.7. The van der Waals surface area contributed by atoms with Crippen LogP contribution in [0.3, 0.4) is 0 Å². The molecule has 1 aliphatic carbocycles. The minimum atomic E-state index is -4.34. The zero-order chi connectivity index (χ0) is 22.2. The molecule has 2 atom stereocenters. The summed E-state index contributed by atoms with van der Waals surface area (Å²) in [5, 5.41) is 10.6. The molecular weight excluding hydrogens is 405 g/mol. The van der Waals surface area contributed by atoms with Crippen LogP contribution < -0.4 is 5.43 Å². The van der Waals surface area contributed by atoms with Gasteiger partial charge in [-0.05, 0) is 43.4 Å². The van der Waals surface area contributed by atoms with Crippen LogP contribution in [0.4, 0.5) is 13.2 Å². The fraction of sp³-hybridized carbons (Fsp3) is 0.391. The van der Waals surface area contributed by atoms with Gasteiger partial charge in [-0.2, -0.15) is 18.3 Å². The third-order valence-corrected chi connectivity index (χ3v) is 5.74. The minimum Gasteiger partial charge on any atom is -0.437 e. The molecule has 0 saturated carbocycles. The van der Waals surface area contributed by atoms with Crippen LogP contribution in [0.25, 0.3) is 5.57 Å². The van der Waals surface area contributed by atoms with Gasteiger partial charge in [-0.15, -0.1) is 5.10 Å². The highest BCUT2D eigenvalue weighted by Crippen LogP contribution is 2.40. The second-order valence-corrected chi connectivity index (χ2v) is 7.65. The van der Waals surface area contributed by atoms with E-state index in [1.807, 2.05) is 51.1 Å². The summed E-state index contributed by atoms with van der Waals surface area (Å²) in [5.41, 5.74) is 6.49. The number of nitrogens with zero attached hydrogens (tertiary/aromatic N) is 3. The van der Waals surface area contributed by atoms with Gasteiger partial charge in [0.15, 0.2) is 6.17 Å². The second-order valence-electron chi connectivity index (χ2n) is 7.65. The first-order chi connectivity index (χ1) is 14.8. The topological polar surface area (TPSA) is 49.2 Å². The Morgan fingerprint density at radius 2 is 1.90 bits per heavy atom. The molecular formula is C23H25F3N4O. The van der Waals surface area contributed by atoms with Crippen molar-refractivity contribution in [2.75, 3.05) is 0 Å². The van der Waals surface area contributed by atoms with E-state index in [-0.39, 0.29) is 18.3 Å². The number of alkyl halides is 3. The van der Waals surface area contributed by atoms with Crippen molar-refractivity contribution >= 4 is 17.3 Å². The Bertz CT molecular complexity index is 1010. The van der Waals surface area contributed by atoms with Gasteiger partial charge >= 0.3 is 6.18 Å². The molecule has 1 N–H and O–H groups in total. The average Bonchev–Trinajstić information content (AvgIpc) is 3.13. The molecule has 0 radical (unpaired) electrons. The van der Waals surface area contributed by atoms with Crippen LogP contribution in [0.2, 0.25) is 0 Å². The summed E-state index contributed by atoms with van der Waals surface area (Å²) in [6, 6.07) is 9.31. The number of hydrazone groups is 2. The highest BCUT2D eigenvalue weighted by Gasteiger charge is 2.41. The molecule has 164 valence electrons. The van der Waals surface area contributed by atoms with Crippen molar-refractivity contribution in [1.29, 1.82) is 0 Å². The first-order valence-corrected chi connectivity index (χ1v) is 10.5. The Balaban J connectivity index is 1.75. The molecule has 1 aromatic rings. The lowest BCUT2D eigenvalue weighted by Crippen LogP contribution is -2.42. The number of hydrogen-bond donors (Lipinski definition) is 1. The van der Waals surface area contributed by atoms with Crippen molar-refractivity contribution in [2.24, 2.45) is 16.1 Å². The van der Waals surface area contributed by atoms with E-state index in [1.165, 1.54) is 6.08 Å². The molecule has 3 aliphatic rings. The van der Waals surface area contributed by atoms with Crippen LogP contribution in [-0.2, 0) is 4.74 Å². The maximum Gasteiger partial charge on any atom is 0.395 e. The van der Waals surface area contributed by atoms with Gasteiger partial charge in [0.25, 0.3) is 0 Å². The smallest absolute Gasteiger partial charge is 0.395 e. The maximum atomic E-state index is 13.5. The largest absolute Gasteiger partial charge is 0.437 e. The van der Waals surface area contributed by atoms with Gasteiger partial charge in [0.2, 0.25) is 5.90 Å². The van der Waals surface area contributed by atoms with Crippen molar-refractivity contribution in [3.8, 4) is 0 Å². The van der Waals surface area contributed by atoms with E-state index in [9.17, 15) is 13.2 Å². The molecule has 2 unspecified atom stereocenters. The summed E-state index contributed by atoms with van der Waals surface area (Å²) in [6.45, 7) is 5.85. The number of allylic oxidation sites excluding steroid dienone is 3. The third-order valence-electron chi connectivity index (χ3n) is 5.74. The highest BCUT2D eigenvalue weighted by atomic mass is 19.4. The second kappa shape index (κ2) is 8.24. The molecule has 0 spiro atoms. The van der Waals surface area contributed by atoms with Crippen molar-refractivity contribution in [3.05, 3.63) is 65.0 Å². The van der Waals surface area contributed by atoms with E-state index >= 15 is 0 Å². The molecule has 1 aromatic carbocycles. The van der Waals surface area contributed by atoms with Gasteiger partial charge in [0.05, 0.1) is 5.92 Å². The molecule has 0 aromatic heterocycles. The van der Waals surface area contributed by atoms with Crippen molar-refractivity contribution in [3.63, 3.8) is 0 Å². The number of amidine groups is 1. The van der Waals surface area contributed by atoms with Crippen molar-refractivity contribution in [1.82, 2.24) is 10.4 Å². The maximum absolute atomic E-state index is 13.5. The highest BCUT2D eigenvalue weighted by molar-refractivity contribution is 5.99. The number of benzene rings is 1. The molecule has 0 bridgehead atoms. The number of halogens is 3. The van der Waals surface area contributed by atoms with Gasteiger partial charge in [-0.3, -0.25) is 5.43 Å². The Morgan fingerprint density at radius 3 is 2.55 bits per heavy atom. The fourth-order valence-electron chi connectivity index (χ4n) is 4.12. The Kier molecular flexibility index (Phi) is 5.64. The van der Waals surface area contributed by atoms with E-state index < -0.39 is 12.1 Å². The molecule has 0 saturated heterocycles. The molecule has 2 aliphatic heterocycles. The number of hydrogen-bond acceptors (Lipinski definition) is 5. The lowest BCUT2D eigenvalue weighted by Gasteiger charge is -2.32. The van der Waals surface area contributed by atoms with E-state index in [2.05, 4.69) is 15.6 Å². The van der Waals surface area contributed by atoms with E-state index in [0.29, 0.717) is 23.7 Å². The standard InChI is InChI=1S/C23H25F3N4O/c1-4-17-18(5-2)22(29-30-14(3)27-28-21(17)30)31-20-13-16(23(24,25)26)11-12-19(20)15-9-7-6-8-10-15/h6-10,12-13,16,21,28H,4-5,11H2,1-3H3. The van der Waals surface area contributed by atoms with Crippen LogP contribution in [0.1, 0.15) is 45.6 Å². The normalized spacial score (nSPS) is 23.5. The molecule has 2 heterocycles. The molecule has 4 rings (SSSR count). The molecule has 5 nitrogen and oxygen atoms in total. The van der Waals surface area contributed by atoms with Gasteiger partial charge in [-0.1, -0.05) is 50.3 Å². The number of ether oxygens (including phenoxy) is 1. The summed E-state index contributed by atoms with van der Waals surface area (Å²) in [4.78, 5) is 0. The summed E-state index contributed by atoms with van der Waals surface area (Å²) in [5.74, 6) is -0.412. The first kappa shape index (κ1) is 21.2. The predicted octanol–water partition coefficient (Wildman–Crippen LogP) is 5.56. The third kappa shape index (κ3) is 3.98. The Hall–Kier alpha value is -3.03. The van der Waals surface area contributed by atoms with Gasteiger partial charge in [0.1, 0.15) is 11.6 Å². The van der Waals surface area contributed by atoms with E-state index in [1.54, 1.807) is 11.1 Å². The summed E-state index contributed by atoms with van der Waals surface area (Å²) >= 11 is 0. The Morgan fingerprint density at radius 1 is 1.16 bits per heavy atom. The van der Waals surface area contributed by atoms with Gasteiger partial charge in [0, 0.05) is 11.1 Å². The number of nitrogens with one attached hydrogen (secondary N) is 1. The summed E-state index contributed by atoms with van der Waals surface area (Å²) in [6.07, 6.45) is -0.462. The van der Waals surface area contributed by atoms with Crippen LogP contribution in [0.15, 0.2) is 69.6 Å². The monoisotopic (exact) mass is 430 g/mol. The van der Waals surface area contributed by atoms with Gasteiger partial charge in [-0.25, -0.2) is 5.01 Å². The zero-order valence-corrected chi connectivity index (χ0v) is 17.7. The first-order valence-electron chi connectivity index (χ1n) is 10.5. The van der Waals surface area contributed by atoms with Crippen LogP contribution in [0.5, 0.6) is 0 Å². The molecule has 0 amide bonds. The van der Waals surface area contributed by atoms with Gasteiger partial charge < -0.3 is 4.74 Å². The van der Waals surface area contributed by atoms with Crippen molar-refractivity contribution in [2.45, 2.75) is 52.4 Å². The van der Waals surface area contributed by atoms with Crippen molar-refractivity contribution < 1.29 is 17.9 Å². The van der Waals surface area contributed by atoms with Crippen LogP contribution >= 0.6 is 0 Å². The predicted molar refractivity (Wildman–Crippen MR) is 115 cm³/mol. The number of fused-ring (bicyclic) bond motifs is 1. The molecule has 0 fully saturated rings. The van der Waals surface area contributed by atoms with Crippen LogP contribution in [0, 0.1) is 5.92 Å². The fourth-order valence-corrected chi connectivity index (χ4v) is 4.12. The SMILES string of the molecule is CCC1=C(CC)C2NN=C(C)N2N=C1OC1=CC(C(F)(F)F)CC=C1c1ccccc1. The van der Waals surface area contributed by atoms with E-state index in [4.69, 9.17) is 4.74 Å². The van der Waals surface area contributed by atoms with Crippen LogP contribution in [-0.4, -0.2) is 29.1 Å². The lowest BCUT2D eigenvalue weighted by atomic mass is 9.91. The average molecular weight is 430 g/mol. The van der Waals surface area contributed by atoms with E-state index in [0.717, 1.165) is 23.1 Å². The molecule has 8 heteroatoms. The quantitative estimate of drug-likeness (QED) is 0.680. The minimum absolute atomic E-state index is 0.117. The summed E-state index contributed by atoms with van der Waals surface area (Å²) in [7, 11) is 0. The Labute approximate surface area is 179 Å². The lowest BCUT2D eigenvalue weighted by molar-refractivity contribution is -0.160. The zero-order valence-electron chi connectivity index (χ0n) is 17.7.